The van der Waals surface area contributed by atoms with Gasteiger partial charge in [-0.25, -0.2) is 0 Å². The van der Waals surface area contributed by atoms with Crippen molar-refractivity contribution in [1.29, 1.82) is 0 Å². The fourth-order valence-corrected chi connectivity index (χ4v) is 3.99. The van der Waals surface area contributed by atoms with Gasteiger partial charge in [-0.2, -0.15) is 4.99 Å². The van der Waals surface area contributed by atoms with Gasteiger partial charge in [-0.05, 0) is 35.9 Å². The zero-order valence-electron chi connectivity index (χ0n) is 14.9. The number of nitrogens with zero attached hydrogens (tertiary/aromatic N) is 3. The van der Waals surface area contributed by atoms with Crippen molar-refractivity contribution in [1.82, 2.24) is 4.57 Å². The summed E-state index contributed by atoms with van der Waals surface area (Å²) in [5.74, 6) is -0.438. The highest BCUT2D eigenvalue weighted by molar-refractivity contribution is 7.16. The molecule has 2 aromatic carbocycles. The topological polar surface area (TPSA) is 86.7 Å². The molecule has 28 heavy (non-hydrogen) atoms. The van der Waals surface area contributed by atoms with Crippen LogP contribution in [0.5, 0.6) is 0 Å². The van der Waals surface area contributed by atoms with Crippen LogP contribution in [0.4, 0.5) is 5.69 Å². The maximum absolute atomic E-state index is 12.3. The Morgan fingerprint density at radius 2 is 2.07 bits per heavy atom. The van der Waals surface area contributed by atoms with Gasteiger partial charge in [0, 0.05) is 31.9 Å². The van der Waals surface area contributed by atoms with Gasteiger partial charge < -0.3 is 9.30 Å². The number of amides is 1. The number of hydrogen-bond acceptors (Lipinski definition) is 5. The van der Waals surface area contributed by atoms with Crippen molar-refractivity contribution in [2.45, 2.75) is 6.54 Å². The molecule has 7 nitrogen and oxygen atoms in total. The Balaban J connectivity index is 1.91. The van der Waals surface area contributed by atoms with Gasteiger partial charge in [0.25, 0.3) is 11.6 Å². The number of para-hydroxylation sites is 1. The molecule has 0 aliphatic carbocycles. The predicted octanol–water partition coefficient (Wildman–Crippen LogP) is 4.05. The van der Waals surface area contributed by atoms with Crippen LogP contribution in [0.2, 0.25) is 5.02 Å². The summed E-state index contributed by atoms with van der Waals surface area (Å²) in [5, 5.41) is 11.3. The van der Waals surface area contributed by atoms with Crippen LogP contribution in [-0.2, 0) is 16.1 Å². The van der Waals surface area contributed by atoms with Gasteiger partial charge in [0.1, 0.15) is 0 Å². The number of ether oxygens (including phenoxy) is 1. The largest absolute Gasteiger partial charge is 0.383 e. The normalized spacial score (nSPS) is 12.1. The summed E-state index contributed by atoms with van der Waals surface area (Å²) in [6, 6.07) is 11.5. The maximum Gasteiger partial charge on any atom is 0.272 e. The van der Waals surface area contributed by atoms with E-state index in [4.69, 9.17) is 16.3 Å². The van der Waals surface area contributed by atoms with Gasteiger partial charge in [0.05, 0.1) is 26.8 Å². The maximum atomic E-state index is 12.3. The van der Waals surface area contributed by atoms with Crippen molar-refractivity contribution < 1.29 is 14.5 Å². The van der Waals surface area contributed by atoms with E-state index in [0.29, 0.717) is 28.5 Å². The Labute approximate surface area is 169 Å². The number of rotatable bonds is 6. The molecular weight excluding hydrogens is 402 g/mol. The molecule has 0 unspecified atom stereocenters. The highest BCUT2D eigenvalue weighted by Crippen LogP contribution is 2.25. The molecule has 3 aromatic rings. The molecule has 0 saturated carbocycles. The second-order valence-electron chi connectivity index (χ2n) is 5.75. The van der Waals surface area contributed by atoms with E-state index in [-0.39, 0.29) is 5.69 Å². The minimum atomic E-state index is -0.473. The van der Waals surface area contributed by atoms with Gasteiger partial charge in [0.2, 0.25) is 0 Å². The van der Waals surface area contributed by atoms with E-state index in [0.717, 1.165) is 10.2 Å². The second-order valence-corrected chi connectivity index (χ2v) is 7.16. The Hall–Kier alpha value is -2.81. The van der Waals surface area contributed by atoms with E-state index in [9.17, 15) is 14.9 Å². The molecule has 1 aromatic heterocycles. The molecule has 0 fully saturated rings. The third-order valence-corrected chi connectivity index (χ3v) is 5.25. The average molecular weight is 418 g/mol. The number of benzene rings is 2. The van der Waals surface area contributed by atoms with Crippen LogP contribution in [0.25, 0.3) is 16.3 Å². The first kappa shape index (κ1) is 19.9. The van der Waals surface area contributed by atoms with Crippen molar-refractivity contribution in [3.63, 3.8) is 0 Å². The highest BCUT2D eigenvalue weighted by atomic mass is 35.5. The monoisotopic (exact) mass is 417 g/mol. The Kier molecular flexibility index (Phi) is 6.35. The van der Waals surface area contributed by atoms with Gasteiger partial charge in [-0.1, -0.05) is 29.0 Å². The number of carbonyl (C=O) groups is 1. The first-order chi connectivity index (χ1) is 13.5. The summed E-state index contributed by atoms with van der Waals surface area (Å²) < 4.78 is 7.94. The number of aromatic nitrogens is 1. The summed E-state index contributed by atoms with van der Waals surface area (Å²) >= 11 is 7.69. The lowest BCUT2D eigenvalue weighted by Crippen LogP contribution is -2.19. The molecule has 0 aliphatic rings. The number of thiazole rings is 1. The van der Waals surface area contributed by atoms with E-state index in [1.165, 1.54) is 29.5 Å². The number of nitro groups is 1. The van der Waals surface area contributed by atoms with Crippen molar-refractivity contribution in [2.75, 3.05) is 13.7 Å². The smallest absolute Gasteiger partial charge is 0.272 e. The molecule has 0 bridgehead atoms. The van der Waals surface area contributed by atoms with E-state index < -0.39 is 10.8 Å². The molecule has 0 N–H and O–H groups in total. The number of fused-ring (bicyclic) bond motifs is 1. The Morgan fingerprint density at radius 3 is 2.75 bits per heavy atom. The van der Waals surface area contributed by atoms with Crippen molar-refractivity contribution in [3.8, 4) is 0 Å². The van der Waals surface area contributed by atoms with E-state index in [2.05, 4.69) is 4.99 Å². The van der Waals surface area contributed by atoms with Crippen LogP contribution >= 0.6 is 22.9 Å². The Bertz CT molecular complexity index is 1120. The third kappa shape index (κ3) is 4.53. The van der Waals surface area contributed by atoms with Gasteiger partial charge in [-0.15, -0.1) is 0 Å². The van der Waals surface area contributed by atoms with Crippen LogP contribution in [0.15, 0.2) is 53.5 Å². The lowest BCUT2D eigenvalue weighted by atomic mass is 10.2. The zero-order valence-corrected chi connectivity index (χ0v) is 16.4. The van der Waals surface area contributed by atoms with Crippen LogP contribution in [0.1, 0.15) is 5.56 Å². The lowest BCUT2D eigenvalue weighted by Gasteiger charge is -2.05. The highest BCUT2D eigenvalue weighted by Gasteiger charge is 2.10. The van der Waals surface area contributed by atoms with Crippen molar-refractivity contribution >= 4 is 50.8 Å². The Morgan fingerprint density at radius 1 is 1.32 bits per heavy atom. The second kappa shape index (κ2) is 8.92. The molecule has 1 heterocycles. The minimum Gasteiger partial charge on any atom is -0.383 e. The van der Waals surface area contributed by atoms with Gasteiger partial charge in [-0.3, -0.25) is 14.9 Å². The van der Waals surface area contributed by atoms with Crippen molar-refractivity contribution in [2.24, 2.45) is 4.99 Å². The summed E-state index contributed by atoms with van der Waals surface area (Å²) in [6.07, 6.45) is 2.89. The summed E-state index contributed by atoms with van der Waals surface area (Å²) in [5.41, 5.74) is 1.48. The molecule has 0 atom stereocenters. The molecule has 0 saturated heterocycles. The number of nitro benzene ring substituents is 1. The number of carbonyl (C=O) groups excluding carboxylic acids is 1. The fraction of sp³-hybridized carbons (Fsp3) is 0.158. The van der Waals surface area contributed by atoms with Crippen LogP contribution in [0.3, 0.4) is 0 Å². The number of hydrogen-bond donors (Lipinski definition) is 0. The van der Waals surface area contributed by atoms with Crippen molar-refractivity contribution in [3.05, 3.63) is 74.0 Å². The number of halogens is 1. The molecule has 1 amide bonds. The summed E-state index contributed by atoms with van der Waals surface area (Å²) in [4.78, 5) is 27.2. The predicted molar refractivity (Wildman–Crippen MR) is 109 cm³/mol. The molecule has 9 heteroatoms. The van der Waals surface area contributed by atoms with Gasteiger partial charge >= 0.3 is 0 Å². The third-order valence-electron chi connectivity index (χ3n) is 3.90. The molecule has 144 valence electrons. The van der Waals surface area contributed by atoms with Crippen LogP contribution in [0, 0.1) is 10.1 Å². The first-order valence-electron chi connectivity index (χ1n) is 8.27. The quantitative estimate of drug-likeness (QED) is 0.344. The first-order valence-corrected chi connectivity index (χ1v) is 9.47. The molecular formula is C19H16ClN3O4S. The fourth-order valence-electron chi connectivity index (χ4n) is 2.57. The molecule has 0 aliphatic heterocycles. The lowest BCUT2D eigenvalue weighted by molar-refractivity contribution is -0.384. The van der Waals surface area contributed by atoms with Crippen LogP contribution in [-0.4, -0.2) is 29.1 Å². The average Bonchev–Trinajstić information content (AvgIpc) is 3.03. The van der Waals surface area contributed by atoms with Gasteiger partial charge in [0.15, 0.2) is 4.80 Å². The summed E-state index contributed by atoms with van der Waals surface area (Å²) in [6.45, 7) is 0.968. The van der Waals surface area contributed by atoms with E-state index in [1.54, 1.807) is 31.4 Å². The SMILES string of the molecule is COCCn1c(=NC(=O)/C=C\c2ccc([N+](=O)[O-])cc2)sc2cccc(Cl)c21. The number of non-ortho nitro benzene ring substituents is 1. The molecule has 3 rings (SSSR count). The standard InChI is InChI=1S/C19H16ClN3O4S/c1-27-12-11-22-18-15(20)3-2-4-16(18)28-19(22)21-17(24)10-7-13-5-8-14(9-6-13)23(25)26/h2-10H,11-12H2,1H3/b10-7-,21-19?. The number of methoxy groups -OCH3 is 1. The van der Waals surface area contributed by atoms with E-state index in [1.807, 2.05) is 16.7 Å². The molecule has 0 spiro atoms. The summed E-state index contributed by atoms with van der Waals surface area (Å²) in [7, 11) is 1.60. The zero-order chi connectivity index (χ0) is 20.1. The van der Waals surface area contributed by atoms with E-state index >= 15 is 0 Å². The molecule has 0 radical (unpaired) electrons. The minimum absolute atomic E-state index is 0.00509. The van der Waals surface area contributed by atoms with Crippen LogP contribution < -0.4 is 4.80 Å².